The molecule has 3 rings (SSSR count). The van der Waals surface area contributed by atoms with Crippen LogP contribution in [-0.2, 0) is 6.54 Å². The lowest BCUT2D eigenvalue weighted by Crippen LogP contribution is -2.32. The topological polar surface area (TPSA) is 59.2 Å². The molecule has 2 heterocycles. The molecule has 5 heteroatoms. The average molecular weight is 271 g/mol. The van der Waals surface area contributed by atoms with Crippen molar-refractivity contribution in [3.05, 3.63) is 47.4 Å². The average Bonchev–Trinajstić information content (AvgIpc) is 3.22. The summed E-state index contributed by atoms with van der Waals surface area (Å²) in [5.41, 5.74) is 1.74. The van der Waals surface area contributed by atoms with Crippen molar-refractivity contribution in [2.75, 3.05) is 0 Å². The molecule has 1 amide bonds. The Kier molecular flexibility index (Phi) is 3.26. The van der Waals surface area contributed by atoms with Gasteiger partial charge < -0.3 is 9.32 Å². The summed E-state index contributed by atoms with van der Waals surface area (Å²) in [5, 5.41) is 0. The molecule has 2 aromatic rings. The van der Waals surface area contributed by atoms with E-state index in [1.54, 1.807) is 26.2 Å². The van der Waals surface area contributed by atoms with Gasteiger partial charge in [-0.2, -0.15) is 0 Å². The minimum absolute atomic E-state index is 0.0672. The highest BCUT2D eigenvalue weighted by Crippen LogP contribution is 2.30. The van der Waals surface area contributed by atoms with Crippen molar-refractivity contribution < 1.29 is 9.21 Å². The zero-order valence-corrected chi connectivity index (χ0v) is 11.7. The van der Waals surface area contributed by atoms with Crippen LogP contribution in [0.5, 0.6) is 0 Å². The van der Waals surface area contributed by atoms with Crippen LogP contribution in [0.25, 0.3) is 0 Å². The molecule has 0 aromatic carbocycles. The van der Waals surface area contributed by atoms with Crippen LogP contribution < -0.4 is 0 Å². The molecule has 0 unspecified atom stereocenters. The first-order chi connectivity index (χ1) is 9.65. The Morgan fingerprint density at radius 1 is 1.35 bits per heavy atom. The van der Waals surface area contributed by atoms with Gasteiger partial charge in [0.25, 0.3) is 5.91 Å². The monoisotopic (exact) mass is 271 g/mol. The number of nitrogens with zero attached hydrogens (tertiary/aromatic N) is 3. The number of amides is 1. The van der Waals surface area contributed by atoms with Gasteiger partial charge >= 0.3 is 0 Å². The lowest BCUT2D eigenvalue weighted by Gasteiger charge is -2.21. The highest BCUT2D eigenvalue weighted by molar-refractivity contribution is 5.92. The predicted octanol–water partition coefficient (Wildman–Crippen LogP) is 2.49. The summed E-state index contributed by atoms with van der Waals surface area (Å²) in [5.74, 6) is 0.830. The van der Waals surface area contributed by atoms with E-state index in [1.807, 2.05) is 17.0 Å². The maximum Gasteiger partial charge on any atom is 0.292 e. The van der Waals surface area contributed by atoms with Crippen molar-refractivity contribution in [1.29, 1.82) is 0 Å². The number of pyridine rings is 1. The molecule has 0 atom stereocenters. The number of carbonyl (C=O) groups excluding carboxylic acids is 1. The molecule has 0 N–H and O–H groups in total. The van der Waals surface area contributed by atoms with Crippen molar-refractivity contribution >= 4 is 5.91 Å². The molecule has 2 aromatic heterocycles. The quantitative estimate of drug-likeness (QED) is 0.857. The fourth-order valence-corrected chi connectivity index (χ4v) is 2.30. The van der Waals surface area contributed by atoms with Crippen LogP contribution in [0.1, 0.15) is 40.5 Å². The maximum atomic E-state index is 12.6. The lowest BCUT2D eigenvalue weighted by molar-refractivity contribution is 0.0695. The van der Waals surface area contributed by atoms with Crippen molar-refractivity contribution in [2.45, 2.75) is 39.3 Å². The molecule has 0 saturated heterocycles. The van der Waals surface area contributed by atoms with Crippen LogP contribution in [-0.4, -0.2) is 26.8 Å². The van der Waals surface area contributed by atoms with Crippen LogP contribution in [0.2, 0.25) is 0 Å². The SMILES string of the molecule is Cc1nc(C)c(C(=O)N(Cc2ccncc2)C2CC2)o1. The smallest absolute Gasteiger partial charge is 0.292 e. The van der Waals surface area contributed by atoms with Crippen LogP contribution in [0, 0.1) is 13.8 Å². The first-order valence-electron chi connectivity index (χ1n) is 6.79. The summed E-state index contributed by atoms with van der Waals surface area (Å²) in [7, 11) is 0. The van der Waals surface area contributed by atoms with E-state index in [4.69, 9.17) is 4.42 Å². The Morgan fingerprint density at radius 3 is 2.60 bits per heavy atom. The highest BCUT2D eigenvalue weighted by atomic mass is 16.4. The van der Waals surface area contributed by atoms with E-state index in [9.17, 15) is 4.79 Å². The van der Waals surface area contributed by atoms with Crippen molar-refractivity contribution in [3.8, 4) is 0 Å². The number of hydrogen-bond donors (Lipinski definition) is 0. The molecule has 20 heavy (non-hydrogen) atoms. The lowest BCUT2D eigenvalue weighted by atomic mass is 10.2. The van der Waals surface area contributed by atoms with Gasteiger partial charge in [0.05, 0.1) is 5.69 Å². The maximum absolute atomic E-state index is 12.6. The first kappa shape index (κ1) is 12.8. The zero-order chi connectivity index (χ0) is 14.1. The molecule has 0 bridgehead atoms. The van der Waals surface area contributed by atoms with Gasteiger partial charge in [0.2, 0.25) is 5.76 Å². The molecule has 0 radical (unpaired) electrons. The third kappa shape index (κ3) is 2.57. The normalized spacial score (nSPS) is 14.3. The summed E-state index contributed by atoms with van der Waals surface area (Å²) in [4.78, 5) is 22.7. The molecular weight excluding hydrogens is 254 g/mol. The van der Waals surface area contributed by atoms with Gasteiger partial charge in [-0.3, -0.25) is 9.78 Å². The van der Waals surface area contributed by atoms with Gasteiger partial charge in [0, 0.05) is 31.9 Å². The van der Waals surface area contributed by atoms with Gasteiger partial charge in [-0.25, -0.2) is 4.98 Å². The van der Waals surface area contributed by atoms with E-state index in [0.29, 0.717) is 29.9 Å². The summed E-state index contributed by atoms with van der Waals surface area (Å²) >= 11 is 0. The molecular formula is C15H17N3O2. The van der Waals surface area contributed by atoms with Crippen molar-refractivity contribution in [1.82, 2.24) is 14.9 Å². The summed E-state index contributed by atoms with van der Waals surface area (Å²) in [6.45, 7) is 4.15. The van der Waals surface area contributed by atoms with Crippen LogP contribution >= 0.6 is 0 Å². The minimum atomic E-state index is -0.0672. The zero-order valence-electron chi connectivity index (χ0n) is 11.7. The van der Waals surface area contributed by atoms with E-state index in [-0.39, 0.29) is 5.91 Å². The molecule has 1 aliphatic rings. The Morgan fingerprint density at radius 2 is 2.05 bits per heavy atom. The first-order valence-corrected chi connectivity index (χ1v) is 6.79. The van der Waals surface area contributed by atoms with Crippen molar-refractivity contribution in [3.63, 3.8) is 0 Å². The number of oxazole rings is 1. The Labute approximate surface area is 117 Å². The number of carbonyl (C=O) groups is 1. The standard InChI is InChI=1S/C15H17N3O2/c1-10-14(20-11(2)17-10)15(19)18(13-3-4-13)9-12-5-7-16-8-6-12/h5-8,13H,3-4,9H2,1-2H3. The second-order valence-electron chi connectivity index (χ2n) is 5.17. The van der Waals surface area contributed by atoms with E-state index >= 15 is 0 Å². The van der Waals surface area contributed by atoms with Crippen molar-refractivity contribution in [2.24, 2.45) is 0 Å². The Balaban J connectivity index is 1.84. The second kappa shape index (κ2) is 5.07. The fourth-order valence-electron chi connectivity index (χ4n) is 2.30. The van der Waals surface area contributed by atoms with Crippen LogP contribution in [0.4, 0.5) is 0 Å². The van der Waals surface area contributed by atoms with Gasteiger partial charge in [-0.1, -0.05) is 0 Å². The number of rotatable bonds is 4. The highest BCUT2D eigenvalue weighted by Gasteiger charge is 2.35. The molecule has 1 fully saturated rings. The number of hydrogen-bond acceptors (Lipinski definition) is 4. The molecule has 1 saturated carbocycles. The Hall–Kier alpha value is -2.17. The van der Waals surface area contributed by atoms with Gasteiger partial charge in [-0.05, 0) is 37.5 Å². The third-order valence-electron chi connectivity index (χ3n) is 3.45. The second-order valence-corrected chi connectivity index (χ2v) is 5.17. The summed E-state index contributed by atoms with van der Waals surface area (Å²) in [6, 6.07) is 4.18. The van der Waals surface area contributed by atoms with Gasteiger partial charge in [0.15, 0.2) is 5.89 Å². The van der Waals surface area contributed by atoms with E-state index in [1.165, 1.54) is 0 Å². The molecule has 104 valence electrons. The fraction of sp³-hybridized carbons (Fsp3) is 0.400. The van der Waals surface area contributed by atoms with E-state index < -0.39 is 0 Å². The number of aryl methyl sites for hydroxylation is 2. The number of aromatic nitrogens is 2. The van der Waals surface area contributed by atoms with Gasteiger partial charge in [-0.15, -0.1) is 0 Å². The predicted molar refractivity (Wildman–Crippen MR) is 73.1 cm³/mol. The van der Waals surface area contributed by atoms with E-state index in [2.05, 4.69) is 9.97 Å². The minimum Gasteiger partial charge on any atom is -0.436 e. The van der Waals surface area contributed by atoms with E-state index in [0.717, 1.165) is 18.4 Å². The van der Waals surface area contributed by atoms with Crippen LogP contribution in [0.3, 0.4) is 0 Å². The van der Waals surface area contributed by atoms with Crippen LogP contribution in [0.15, 0.2) is 28.9 Å². The molecule has 0 aliphatic heterocycles. The van der Waals surface area contributed by atoms with Gasteiger partial charge in [0.1, 0.15) is 0 Å². The summed E-state index contributed by atoms with van der Waals surface area (Å²) in [6.07, 6.45) is 5.61. The summed E-state index contributed by atoms with van der Waals surface area (Å²) < 4.78 is 5.46. The molecule has 0 spiro atoms. The third-order valence-corrected chi connectivity index (χ3v) is 3.45. The molecule has 1 aliphatic carbocycles. The largest absolute Gasteiger partial charge is 0.436 e. The molecule has 5 nitrogen and oxygen atoms in total. The Bertz CT molecular complexity index is 617.